The van der Waals surface area contributed by atoms with Crippen molar-refractivity contribution in [3.8, 4) is 0 Å². The fraction of sp³-hybridized carbons (Fsp3) is 0.263. The first-order chi connectivity index (χ1) is 11.5. The molecule has 0 radical (unpaired) electrons. The van der Waals surface area contributed by atoms with E-state index in [0.29, 0.717) is 10.7 Å². The smallest absolute Gasteiger partial charge is 0.275 e. The molecular weight excluding hydrogens is 322 g/mol. The van der Waals surface area contributed by atoms with Crippen molar-refractivity contribution >= 4 is 28.8 Å². The number of amides is 1. The normalized spacial score (nSPS) is 11.0. The molecule has 124 valence electrons. The number of nitrogens with one attached hydrogen (secondary N) is 1. The van der Waals surface area contributed by atoms with Gasteiger partial charge in [-0.1, -0.05) is 37.6 Å². The lowest BCUT2D eigenvalue weighted by Crippen LogP contribution is -2.15. The van der Waals surface area contributed by atoms with Crippen LogP contribution < -0.4 is 5.32 Å². The number of fused-ring (bicyclic) bond motifs is 1. The van der Waals surface area contributed by atoms with Crippen LogP contribution in [0.4, 0.5) is 5.69 Å². The zero-order valence-corrected chi connectivity index (χ0v) is 14.8. The monoisotopic (exact) mass is 341 g/mol. The number of aromatic nitrogens is 2. The van der Waals surface area contributed by atoms with Crippen LogP contribution in [0.1, 0.15) is 41.2 Å². The number of benzene rings is 1. The maximum absolute atomic E-state index is 12.7. The van der Waals surface area contributed by atoms with E-state index in [-0.39, 0.29) is 5.91 Å². The standard InChI is InChI=1S/C19H20ClN3O/c1-4-13-9-10-15(20)14(5-2)18(13)22-19(24)16-11-23-12(3)7-6-8-17(23)21-16/h6-11H,4-5H2,1-3H3,(H,22,24). The largest absolute Gasteiger partial charge is 0.320 e. The van der Waals surface area contributed by atoms with Gasteiger partial charge in [-0.15, -0.1) is 0 Å². The molecule has 3 rings (SSSR count). The molecule has 0 aliphatic carbocycles. The van der Waals surface area contributed by atoms with Gasteiger partial charge < -0.3 is 9.72 Å². The summed E-state index contributed by atoms with van der Waals surface area (Å²) in [4.78, 5) is 17.1. The van der Waals surface area contributed by atoms with Crippen LogP contribution >= 0.6 is 11.6 Å². The average Bonchev–Trinajstić information content (AvgIpc) is 3.01. The number of imidazole rings is 1. The van der Waals surface area contributed by atoms with Crippen LogP contribution in [0, 0.1) is 6.92 Å². The SMILES string of the molecule is CCc1ccc(Cl)c(CC)c1NC(=O)c1cn2c(C)cccc2n1. The molecule has 4 nitrogen and oxygen atoms in total. The first-order valence-electron chi connectivity index (χ1n) is 8.11. The number of halogens is 1. The van der Waals surface area contributed by atoms with E-state index in [1.165, 1.54) is 0 Å². The number of hydrogen-bond acceptors (Lipinski definition) is 2. The summed E-state index contributed by atoms with van der Waals surface area (Å²) in [7, 11) is 0. The van der Waals surface area contributed by atoms with Crippen molar-refractivity contribution in [2.24, 2.45) is 0 Å². The summed E-state index contributed by atoms with van der Waals surface area (Å²) in [6.07, 6.45) is 3.35. The third-order valence-corrected chi connectivity index (χ3v) is 4.60. The Morgan fingerprint density at radius 3 is 2.67 bits per heavy atom. The van der Waals surface area contributed by atoms with Gasteiger partial charge >= 0.3 is 0 Å². The van der Waals surface area contributed by atoms with Gasteiger partial charge in [0.25, 0.3) is 5.91 Å². The van der Waals surface area contributed by atoms with Gasteiger partial charge in [-0.3, -0.25) is 4.79 Å². The summed E-state index contributed by atoms with van der Waals surface area (Å²) >= 11 is 6.30. The minimum atomic E-state index is -0.218. The number of rotatable bonds is 4. The zero-order valence-electron chi connectivity index (χ0n) is 14.1. The Bertz CT molecular complexity index is 914. The van der Waals surface area contributed by atoms with Crippen LogP contribution in [0.5, 0.6) is 0 Å². The van der Waals surface area contributed by atoms with Crippen molar-refractivity contribution in [2.75, 3.05) is 5.32 Å². The average molecular weight is 342 g/mol. The summed E-state index contributed by atoms with van der Waals surface area (Å²) in [6.45, 7) is 6.08. The highest BCUT2D eigenvalue weighted by atomic mass is 35.5. The van der Waals surface area contributed by atoms with Crippen molar-refractivity contribution < 1.29 is 4.79 Å². The number of hydrogen-bond donors (Lipinski definition) is 1. The minimum Gasteiger partial charge on any atom is -0.320 e. The fourth-order valence-electron chi connectivity index (χ4n) is 2.90. The Morgan fingerprint density at radius 1 is 1.21 bits per heavy atom. The molecule has 0 aliphatic rings. The first-order valence-corrected chi connectivity index (χ1v) is 8.49. The Hall–Kier alpha value is -2.33. The molecule has 0 bridgehead atoms. The molecular formula is C19H20ClN3O. The van der Waals surface area contributed by atoms with Crippen molar-refractivity contribution in [3.05, 3.63) is 64.1 Å². The predicted octanol–water partition coefficient (Wildman–Crippen LogP) is 4.67. The van der Waals surface area contributed by atoms with Gasteiger partial charge in [-0.25, -0.2) is 4.98 Å². The van der Waals surface area contributed by atoms with E-state index in [0.717, 1.165) is 41.0 Å². The molecule has 0 saturated heterocycles. The van der Waals surface area contributed by atoms with Crippen LogP contribution in [0.25, 0.3) is 5.65 Å². The molecule has 1 N–H and O–H groups in total. The lowest BCUT2D eigenvalue weighted by atomic mass is 10.0. The minimum absolute atomic E-state index is 0.218. The molecule has 0 unspecified atom stereocenters. The summed E-state index contributed by atoms with van der Waals surface area (Å²) in [5.41, 5.74) is 5.04. The number of nitrogens with zero attached hydrogens (tertiary/aromatic N) is 2. The maximum atomic E-state index is 12.7. The van der Waals surface area contributed by atoms with Crippen molar-refractivity contribution in [3.63, 3.8) is 0 Å². The second-order valence-corrected chi connectivity index (χ2v) is 6.15. The molecule has 5 heteroatoms. The Morgan fingerprint density at radius 2 is 2.00 bits per heavy atom. The summed E-state index contributed by atoms with van der Waals surface area (Å²) in [6, 6.07) is 9.66. The number of carbonyl (C=O) groups is 1. The summed E-state index contributed by atoms with van der Waals surface area (Å²) < 4.78 is 1.91. The van der Waals surface area contributed by atoms with Gasteiger partial charge in [0.15, 0.2) is 0 Å². The van der Waals surface area contributed by atoms with Gasteiger partial charge in [0.1, 0.15) is 11.3 Å². The van der Waals surface area contributed by atoms with E-state index in [1.54, 1.807) is 6.20 Å². The molecule has 2 heterocycles. The van der Waals surface area contributed by atoms with E-state index in [9.17, 15) is 4.79 Å². The third kappa shape index (κ3) is 2.89. The molecule has 0 fully saturated rings. The zero-order chi connectivity index (χ0) is 17.3. The van der Waals surface area contributed by atoms with E-state index in [4.69, 9.17) is 11.6 Å². The highest BCUT2D eigenvalue weighted by Gasteiger charge is 2.16. The third-order valence-electron chi connectivity index (χ3n) is 4.24. The summed E-state index contributed by atoms with van der Waals surface area (Å²) in [5.74, 6) is -0.218. The molecule has 0 aliphatic heterocycles. The number of aryl methyl sites for hydroxylation is 2. The number of anilines is 1. The van der Waals surface area contributed by atoms with Gasteiger partial charge in [0.05, 0.1) is 0 Å². The molecule has 3 aromatic rings. The maximum Gasteiger partial charge on any atom is 0.275 e. The quantitative estimate of drug-likeness (QED) is 0.749. The molecule has 24 heavy (non-hydrogen) atoms. The number of pyridine rings is 1. The van der Waals surface area contributed by atoms with E-state index in [1.807, 2.05) is 48.6 Å². The van der Waals surface area contributed by atoms with Crippen LogP contribution in [-0.2, 0) is 12.8 Å². The molecule has 2 aromatic heterocycles. The summed E-state index contributed by atoms with van der Waals surface area (Å²) in [5, 5.41) is 3.70. The lowest BCUT2D eigenvalue weighted by molar-refractivity contribution is 0.102. The highest BCUT2D eigenvalue weighted by Crippen LogP contribution is 2.30. The van der Waals surface area contributed by atoms with E-state index < -0.39 is 0 Å². The molecule has 0 atom stereocenters. The van der Waals surface area contributed by atoms with E-state index in [2.05, 4.69) is 17.2 Å². The predicted molar refractivity (Wildman–Crippen MR) is 98.1 cm³/mol. The first kappa shape index (κ1) is 16.5. The van der Waals surface area contributed by atoms with Gasteiger partial charge in [0, 0.05) is 22.6 Å². The van der Waals surface area contributed by atoms with Crippen molar-refractivity contribution in [1.82, 2.24) is 9.38 Å². The highest BCUT2D eigenvalue weighted by molar-refractivity contribution is 6.32. The van der Waals surface area contributed by atoms with E-state index >= 15 is 0 Å². The van der Waals surface area contributed by atoms with Crippen LogP contribution in [0.15, 0.2) is 36.5 Å². The Balaban J connectivity index is 2.00. The molecule has 1 aromatic carbocycles. The van der Waals surface area contributed by atoms with Gasteiger partial charge in [-0.2, -0.15) is 0 Å². The van der Waals surface area contributed by atoms with Gasteiger partial charge in [-0.05, 0) is 49.1 Å². The van der Waals surface area contributed by atoms with Gasteiger partial charge in [0.2, 0.25) is 0 Å². The number of carbonyl (C=O) groups excluding carboxylic acids is 1. The molecule has 0 saturated carbocycles. The van der Waals surface area contributed by atoms with Crippen molar-refractivity contribution in [1.29, 1.82) is 0 Å². The lowest BCUT2D eigenvalue weighted by Gasteiger charge is -2.15. The fourth-order valence-corrected chi connectivity index (χ4v) is 3.19. The molecule has 0 spiro atoms. The second-order valence-electron chi connectivity index (χ2n) is 5.74. The Kier molecular flexibility index (Phi) is 4.58. The van der Waals surface area contributed by atoms with Crippen molar-refractivity contribution in [2.45, 2.75) is 33.6 Å². The second kappa shape index (κ2) is 6.65. The van der Waals surface area contributed by atoms with Crippen LogP contribution in [0.3, 0.4) is 0 Å². The van der Waals surface area contributed by atoms with Crippen LogP contribution in [0.2, 0.25) is 5.02 Å². The Labute approximate surface area is 146 Å². The topological polar surface area (TPSA) is 46.4 Å². The molecule has 1 amide bonds. The van der Waals surface area contributed by atoms with Crippen LogP contribution in [-0.4, -0.2) is 15.3 Å².